The molecular weight excluding hydrogens is 351 g/mol. The molecule has 0 amide bonds. The minimum absolute atomic E-state index is 0. The molecule has 0 aliphatic rings. The largest absolute Gasteiger partial charge is 1.00 e. The zero-order valence-corrected chi connectivity index (χ0v) is 19.8. The second kappa shape index (κ2) is 20.6. The Labute approximate surface area is 180 Å². The molecule has 0 unspecified atom stereocenters. The van der Waals surface area contributed by atoms with Crippen LogP contribution in [0.1, 0.15) is 98.2 Å². The Morgan fingerprint density at radius 2 is 1.12 bits per heavy atom. The van der Waals surface area contributed by atoms with E-state index in [1.807, 2.05) is 0 Å². The molecule has 142 valence electrons. The zero-order chi connectivity index (χ0) is 17.2. The number of thiol groups is 1. The van der Waals surface area contributed by atoms with Crippen LogP contribution in [0.2, 0.25) is 0 Å². The Morgan fingerprint density at radius 3 is 1.50 bits per heavy atom. The molecule has 24 heavy (non-hydrogen) atoms. The summed E-state index contributed by atoms with van der Waals surface area (Å²) >= 11 is 3.91. The first kappa shape index (κ1) is 27.5. The molecule has 0 heterocycles. The molecular formula is C18H39NaO3S2. The van der Waals surface area contributed by atoms with Crippen molar-refractivity contribution in [3.8, 4) is 0 Å². The number of hydrogen-bond donors (Lipinski definition) is 1. The van der Waals surface area contributed by atoms with Crippen molar-refractivity contribution in [1.82, 2.24) is 0 Å². The molecule has 0 aromatic carbocycles. The van der Waals surface area contributed by atoms with Gasteiger partial charge in [-0.1, -0.05) is 90.4 Å². The second-order valence-corrected chi connectivity index (χ2v) is 8.61. The monoisotopic (exact) mass is 390 g/mol. The minimum Gasteiger partial charge on any atom is -1.00 e. The molecule has 0 saturated carbocycles. The van der Waals surface area contributed by atoms with Crippen LogP contribution in [0.5, 0.6) is 0 Å². The number of hydrogen-bond acceptors (Lipinski definition) is 4. The average Bonchev–Trinajstić information content (AvgIpc) is 2.51. The van der Waals surface area contributed by atoms with E-state index >= 15 is 0 Å². The first-order valence-corrected chi connectivity index (χ1v) is 11.8. The SMILES string of the molecule is CCCCCCCCCCCCCCCCOS(=O)(=O)CCS.[H-].[Na+]. The zero-order valence-electron chi connectivity index (χ0n) is 17.1. The maximum atomic E-state index is 11.3. The summed E-state index contributed by atoms with van der Waals surface area (Å²) in [6, 6.07) is 0. The first-order chi connectivity index (χ1) is 11.1. The van der Waals surface area contributed by atoms with Crippen molar-refractivity contribution in [3.63, 3.8) is 0 Å². The van der Waals surface area contributed by atoms with E-state index in [9.17, 15) is 8.42 Å². The summed E-state index contributed by atoms with van der Waals surface area (Å²) in [4.78, 5) is 0. The van der Waals surface area contributed by atoms with E-state index in [1.54, 1.807) is 0 Å². The predicted molar refractivity (Wildman–Crippen MR) is 105 cm³/mol. The maximum Gasteiger partial charge on any atom is 1.00 e. The fraction of sp³-hybridized carbons (Fsp3) is 1.00. The van der Waals surface area contributed by atoms with Gasteiger partial charge in [0, 0.05) is 5.75 Å². The summed E-state index contributed by atoms with van der Waals surface area (Å²) in [6.45, 7) is 2.59. The summed E-state index contributed by atoms with van der Waals surface area (Å²) in [5.41, 5.74) is 0. The van der Waals surface area contributed by atoms with Crippen molar-refractivity contribution in [2.75, 3.05) is 18.1 Å². The molecule has 3 nitrogen and oxygen atoms in total. The van der Waals surface area contributed by atoms with Crippen LogP contribution in [-0.2, 0) is 14.3 Å². The third kappa shape index (κ3) is 21.3. The van der Waals surface area contributed by atoms with Gasteiger partial charge >= 0.3 is 29.6 Å². The average molecular weight is 391 g/mol. The van der Waals surface area contributed by atoms with Crippen molar-refractivity contribution in [2.45, 2.75) is 96.8 Å². The van der Waals surface area contributed by atoms with Crippen molar-refractivity contribution in [3.05, 3.63) is 0 Å². The van der Waals surface area contributed by atoms with Gasteiger partial charge in [-0.2, -0.15) is 21.0 Å². The molecule has 0 aromatic heterocycles. The number of unbranched alkanes of at least 4 members (excludes halogenated alkanes) is 13. The van der Waals surface area contributed by atoms with E-state index in [-0.39, 0.29) is 36.7 Å². The Bertz CT molecular complexity index is 341. The van der Waals surface area contributed by atoms with Gasteiger partial charge in [0.2, 0.25) is 0 Å². The van der Waals surface area contributed by atoms with Gasteiger partial charge in [-0.15, -0.1) is 0 Å². The standard InChI is InChI=1S/C18H38O3S2.Na.H/c1-2-3-4-5-6-7-8-9-10-11-12-13-14-15-16-21-23(19,20)18-17-22;;/h22H,2-18H2,1H3;;/q;+1;-1. The van der Waals surface area contributed by atoms with Gasteiger partial charge in [0.25, 0.3) is 10.1 Å². The predicted octanol–water partition coefficient (Wildman–Crippen LogP) is 2.86. The molecule has 0 aromatic rings. The van der Waals surface area contributed by atoms with Gasteiger partial charge in [0.15, 0.2) is 0 Å². The Balaban J connectivity index is -0.00000242. The quantitative estimate of drug-likeness (QED) is 0.169. The Morgan fingerprint density at radius 1 is 0.750 bits per heavy atom. The normalized spacial score (nSPS) is 11.4. The smallest absolute Gasteiger partial charge is 1.00 e. The molecule has 6 heteroatoms. The summed E-state index contributed by atoms with van der Waals surface area (Å²) < 4.78 is 27.5. The van der Waals surface area contributed by atoms with Crippen LogP contribution in [0.15, 0.2) is 0 Å². The van der Waals surface area contributed by atoms with Gasteiger partial charge in [0.05, 0.1) is 12.4 Å². The van der Waals surface area contributed by atoms with E-state index in [0.717, 1.165) is 12.8 Å². The van der Waals surface area contributed by atoms with Gasteiger partial charge in [0.1, 0.15) is 0 Å². The van der Waals surface area contributed by atoms with Crippen molar-refractivity contribution < 1.29 is 43.6 Å². The summed E-state index contributed by atoms with van der Waals surface area (Å²) in [7, 11) is -3.33. The fourth-order valence-corrected chi connectivity index (χ4v) is 4.04. The Hall–Kier alpha value is 1.26. The van der Waals surface area contributed by atoms with Crippen LogP contribution >= 0.6 is 12.6 Å². The second-order valence-electron chi connectivity index (χ2n) is 6.40. The first-order valence-electron chi connectivity index (χ1n) is 9.60. The molecule has 0 aliphatic carbocycles. The molecule has 0 radical (unpaired) electrons. The summed E-state index contributed by atoms with van der Waals surface area (Å²) in [5, 5.41) is 0. The molecule has 0 aliphatic heterocycles. The fourth-order valence-electron chi connectivity index (χ4n) is 2.65. The summed E-state index contributed by atoms with van der Waals surface area (Å²) in [6.07, 6.45) is 18.2. The third-order valence-electron chi connectivity index (χ3n) is 4.10. The molecule has 0 fully saturated rings. The van der Waals surface area contributed by atoms with Crippen LogP contribution in [0.4, 0.5) is 0 Å². The van der Waals surface area contributed by atoms with E-state index in [4.69, 9.17) is 4.18 Å². The van der Waals surface area contributed by atoms with Crippen LogP contribution in [0.3, 0.4) is 0 Å². The van der Waals surface area contributed by atoms with E-state index in [0.29, 0.717) is 12.4 Å². The van der Waals surface area contributed by atoms with E-state index in [2.05, 4.69) is 19.6 Å². The third-order valence-corrected chi connectivity index (χ3v) is 5.86. The van der Waals surface area contributed by atoms with Gasteiger partial charge in [-0.25, -0.2) is 0 Å². The van der Waals surface area contributed by atoms with Crippen LogP contribution in [0.25, 0.3) is 0 Å². The van der Waals surface area contributed by atoms with Gasteiger partial charge < -0.3 is 1.43 Å². The molecule has 0 atom stereocenters. The van der Waals surface area contributed by atoms with Crippen LogP contribution in [-0.4, -0.2) is 26.5 Å². The topological polar surface area (TPSA) is 43.4 Å². The number of rotatable bonds is 18. The van der Waals surface area contributed by atoms with Crippen molar-refractivity contribution >= 4 is 22.7 Å². The maximum absolute atomic E-state index is 11.3. The molecule has 0 N–H and O–H groups in total. The Kier molecular flexibility index (Phi) is 23.6. The molecule has 0 bridgehead atoms. The van der Waals surface area contributed by atoms with Crippen molar-refractivity contribution in [2.24, 2.45) is 0 Å². The van der Waals surface area contributed by atoms with Gasteiger partial charge in [-0.3, -0.25) is 4.18 Å². The minimum atomic E-state index is -3.33. The van der Waals surface area contributed by atoms with Crippen LogP contribution in [0, 0.1) is 0 Å². The molecule has 0 saturated heterocycles. The van der Waals surface area contributed by atoms with E-state index < -0.39 is 10.1 Å². The van der Waals surface area contributed by atoms with Crippen LogP contribution < -0.4 is 29.6 Å². The molecule has 0 spiro atoms. The summed E-state index contributed by atoms with van der Waals surface area (Å²) in [5.74, 6) is 0.329. The van der Waals surface area contributed by atoms with Crippen molar-refractivity contribution in [1.29, 1.82) is 0 Å². The molecule has 0 rings (SSSR count). The van der Waals surface area contributed by atoms with Gasteiger partial charge in [-0.05, 0) is 6.42 Å². The van der Waals surface area contributed by atoms with E-state index in [1.165, 1.54) is 77.0 Å².